The van der Waals surface area contributed by atoms with Crippen LogP contribution in [0, 0.1) is 6.92 Å². The van der Waals surface area contributed by atoms with Gasteiger partial charge in [-0.25, -0.2) is 9.97 Å². The van der Waals surface area contributed by atoms with E-state index in [1.807, 2.05) is 35.9 Å². The second-order valence-corrected chi connectivity index (χ2v) is 4.20. The maximum Gasteiger partial charge on any atom is 0.161 e. The lowest BCUT2D eigenvalue weighted by molar-refractivity contribution is 0.564. The van der Waals surface area contributed by atoms with Crippen LogP contribution < -0.4 is 5.32 Å². The topological polar surface area (TPSA) is 55.9 Å². The lowest BCUT2D eigenvalue weighted by Gasteiger charge is -2.11. The van der Waals surface area contributed by atoms with Gasteiger partial charge in [-0.1, -0.05) is 0 Å². The molecular weight excluding hydrogens is 240 g/mol. The molecular formula is C14H14N4O. The maximum absolute atomic E-state index is 5.05. The Kier molecular flexibility index (Phi) is 3.02. The van der Waals surface area contributed by atoms with E-state index >= 15 is 0 Å². The Balaban J connectivity index is 1.88. The first-order valence-electron chi connectivity index (χ1n) is 6.05. The third-order valence-electron chi connectivity index (χ3n) is 2.90. The van der Waals surface area contributed by atoms with Crippen molar-refractivity contribution in [3.8, 4) is 5.82 Å². The van der Waals surface area contributed by atoms with Gasteiger partial charge >= 0.3 is 0 Å². The molecule has 0 amide bonds. The summed E-state index contributed by atoms with van der Waals surface area (Å²) in [5, 5.41) is 3.36. The first kappa shape index (κ1) is 11.5. The number of rotatable bonds is 4. The normalized spacial score (nSPS) is 10.6. The number of pyridine rings is 1. The second kappa shape index (κ2) is 4.97. The van der Waals surface area contributed by atoms with E-state index in [0.717, 1.165) is 22.9 Å². The number of nitrogens with one attached hydrogen (secondary N) is 1. The summed E-state index contributed by atoms with van der Waals surface area (Å²) in [6, 6.07) is 5.85. The van der Waals surface area contributed by atoms with Crippen molar-refractivity contribution in [2.24, 2.45) is 0 Å². The summed E-state index contributed by atoms with van der Waals surface area (Å²) >= 11 is 0. The molecule has 0 saturated heterocycles. The fraction of sp³-hybridized carbons (Fsp3) is 0.143. The Labute approximate surface area is 110 Å². The number of furan rings is 1. The molecule has 0 aliphatic carbocycles. The molecule has 0 atom stereocenters. The van der Waals surface area contributed by atoms with E-state index in [1.165, 1.54) is 0 Å². The average Bonchev–Trinajstić information content (AvgIpc) is 3.08. The van der Waals surface area contributed by atoms with Crippen LogP contribution in [0.3, 0.4) is 0 Å². The fourth-order valence-electron chi connectivity index (χ4n) is 1.92. The van der Waals surface area contributed by atoms with Gasteiger partial charge in [0.05, 0.1) is 18.2 Å². The van der Waals surface area contributed by atoms with Crippen molar-refractivity contribution in [3.63, 3.8) is 0 Å². The lowest BCUT2D eigenvalue weighted by atomic mass is 10.3. The zero-order valence-corrected chi connectivity index (χ0v) is 10.6. The van der Waals surface area contributed by atoms with Gasteiger partial charge in [-0.3, -0.25) is 4.57 Å². The molecule has 0 aliphatic heterocycles. The zero-order chi connectivity index (χ0) is 13.1. The van der Waals surface area contributed by atoms with Crippen molar-refractivity contribution in [1.82, 2.24) is 14.5 Å². The van der Waals surface area contributed by atoms with Crippen LogP contribution in [-0.4, -0.2) is 14.5 Å². The predicted molar refractivity (Wildman–Crippen MR) is 72.1 cm³/mol. The minimum absolute atomic E-state index is 0.697. The van der Waals surface area contributed by atoms with Crippen molar-refractivity contribution >= 4 is 5.69 Å². The molecule has 3 heterocycles. The van der Waals surface area contributed by atoms with E-state index in [4.69, 9.17) is 4.42 Å². The highest BCUT2D eigenvalue weighted by Crippen LogP contribution is 2.19. The number of hydrogen-bond acceptors (Lipinski definition) is 4. The van der Waals surface area contributed by atoms with Gasteiger partial charge in [0.15, 0.2) is 5.82 Å². The number of aromatic nitrogens is 3. The monoisotopic (exact) mass is 254 g/mol. The third-order valence-corrected chi connectivity index (χ3v) is 2.90. The van der Waals surface area contributed by atoms with Crippen LogP contribution in [0.2, 0.25) is 0 Å². The first-order chi connectivity index (χ1) is 9.34. The zero-order valence-electron chi connectivity index (χ0n) is 10.6. The van der Waals surface area contributed by atoms with Gasteiger partial charge in [-0.05, 0) is 25.1 Å². The molecule has 0 aromatic carbocycles. The molecule has 19 heavy (non-hydrogen) atoms. The third kappa shape index (κ3) is 2.35. The summed E-state index contributed by atoms with van der Waals surface area (Å²) in [6.07, 6.45) is 8.84. The van der Waals surface area contributed by atoms with Crippen molar-refractivity contribution in [2.45, 2.75) is 13.5 Å². The summed E-state index contributed by atoms with van der Waals surface area (Å²) in [5.41, 5.74) is 2.06. The van der Waals surface area contributed by atoms with E-state index in [2.05, 4.69) is 15.3 Å². The molecule has 0 radical (unpaired) electrons. The molecule has 96 valence electrons. The van der Waals surface area contributed by atoms with Crippen LogP contribution in [0.5, 0.6) is 0 Å². The predicted octanol–water partition coefficient (Wildman–Crippen LogP) is 2.78. The van der Waals surface area contributed by atoms with Gasteiger partial charge in [-0.15, -0.1) is 0 Å². The molecule has 0 bridgehead atoms. The van der Waals surface area contributed by atoms with Gasteiger partial charge in [0.2, 0.25) is 0 Å². The van der Waals surface area contributed by atoms with E-state index < -0.39 is 0 Å². The van der Waals surface area contributed by atoms with Gasteiger partial charge < -0.3 is 9.73 Å². The highest BCUT2D eigenvalue weighted by atomic mass is 16.3. The molecule has 0 unspecified atom stereocenters. The van der Waals surface area contributed by atoms with Gasteiger partial charge in [-0.2, -0.15) is 0 Å². The van der Waals surface area contributed by atoms with Crippen LogP contribution in [0.4, 0.5) is 5.69 Å². The van der Waals surface area contributed by atoms with Gasteiger partial charge in [0.1, 0.15) is 5.82 Å². The van der Waals surface area contributed by atoms with E-state index in [-0.39, 0.29) is 0 Å². The molecule has 0 spiro atoms. The van der Waals surface area contributed by atoms with Crippen LogP contribution in [0.25, 0.3) is 5.82 Å². The van der Waals surface area contributed by atoms with Crippen LogP contribution >= 0.6 is 0 Å². The number of imidazole rings is 1. The minimum atomic E-state index is 0.697. The summed E-state index contributed by atoms with van der Waals surface area (Å²) < 4.78 is 7.01. The van der Waals surface area contributed by atoms with Crippen LogP contribution in [-0.2, 0) is 6.54 Å². The summed E-state index contributed by atoms with van der Waals surface area (Å²) in [6.45, 7) is 2.65. The van der Waals surface area contributed by atoms with E-state index in [9.17, 15) is 0 Å². The van der Waals surface area contributed by atoms with Crippen molar-refractivity contribution in [2.75, 3.05) is 5.32 Å². The van der Waals surface area contributed by atoms with Crippen molar-refractivity contribution in [3.05, 3.63) is 60.7 Å². The average molecular weight is 254 g/mol. The smallest absolute Gasteiger partial charge is 0.161 e. The molecule has 3 aromatic rings. The Bertz CT molecular complexity index is 658. The summed E-state index contributed by atoms with van der Waals surface area (Å²) in [5.74, 6) is 1.76. The first-order valence-corrected chi connectivity index (χ1v) is 6.05. The number of nitrogens with zero attached hydrogens (tertiary/aromatic N) is 3. The maximum atomic E-state index is 5.05. The number of aryl methyl sites for hydroxylation is 1. The standard InChI is InChI=1S/C14H14N4O/c1-11-15-6-7-18(11)14-13(3-2-5-16-14)17-9-12-4-8-19-10-12/h2-8,10,17H,9H2,1H3. The largest absolute Gasteiger partial charge is 0.472 e. The van der Waals surface area contributed by atoms with Crippen molar-refractivity contribution in [1.29, 1.82) is 0 Å². The Hall–Kier alpha value is -2.56. The van der Waals surface area contributed by atoms with Gasteiger partial charge in [0, 0.05) is 30.7 Å². The van der Waals surface area contributed by atoms with E-state index in [0.29, 0.717) is 6.54 Å². The SMILES string of the molecule is Cc1nccn1-c1ncccc1NCc1ccoc1. The molecule has 1 N–H and O–H groups in total. The van der Waals surface area contributed by atoms with E-state index in [1.54, 1.807) is 24.9 Å². The lowest BCUT2D eigenvalue weighted by Crippen LogP contribution is -2.06. The molecule has 0 fully saturated rings. The highest BCUT2D eigenvalue weighted by molar-refractivity contribution is 5.57. The Morgan fingerprint density at radius 1 is 1.26 bits per heavy atom. The van der Waals surface area contributed by atoms with Gasteiger partial charge in [0.25, 0.3) is 0 Å². The number of hydrogen-bond donors (Lipinski definition) is 1. The highest BCUT2D eigenvalue weighted by Gasteiger charge is 2.07. The number of anilines is 1. The Morgan fingerprint density at radius 2 is 2.21 bits per heavy atom. The second-order valence-electron chi connectivity index (χ2n) is 4.20. The molecule has 0 saturated carbocycles. The fourth-order valence-corrected chi connectivity index (χ4v) is 1.92. The molecule has 5 heteroatoms. The van der Waals surface area contributed by atoms with Crippen LogP contribution in [0.15, 0.2) is 53.7 Å². The molecule has 0 aliphatic rings. The van der Waals surface area contributed by atoms with Crippen molar-refractivity contribution < 1.29 is 4.42 Å². The Morgan fingerprint density at radius 3 is 2.95 bits per heavy atom. The summed E-state index contributed by atoms with van der Waals surface area (Å²) in [4.78, 5) is 8.64. The molecule has 3 rings (SSSR count). The van der Waals surface area contributed by atoms with Crippen LogP contribution in [0.1, 0.15) is 11.4 Å². The molecule has 3 aromatic heterocycles. The molecule has 5 nitrogen and oxygen atoms in total. The quantitative estimate of drug-likeness (QED) is 0.777. The summed E-state index contributed by atoms with van der Waals surface area (Å²) in [7, 11) is 0. The minimum Gasteiger partial charge on any atom is -0.472 e.